The number of amides is 1. The summed E-state index contributed by atoms with van der Waals surface area (Å²) in [5.41, 5.74) is 2.10. The highest BCUT2D eigenvalue weighted by molar-refractivity contribution is 5.77. The Morgan fingerprint density at radius 1 is 0.960 bits per heavy atom. The van der Waals surface area contributed by atoms with Gasteiger partial charge in [-0.25, -0.2) is 0 Å². The maximum absolute atomic E-state index is 12.0. The molecule has 5 heteroatoms. The van der Waals surface area contributed by atoms with Crippen LogP contribution >= 0.6 is 0 Å². The average molecular weight is 343 g/mol. The lowest BCUT2D eigenvalue weighted by molar-refractivity contribution is -0.123. The normalized spacial score (nSPS) is 10.3. The quantitative estimate of drug-likeness (QED) is 0.719. The van der Waals surface area contributed by atoms with Crippen molar-refractivity contribution in [2.45, 2.75) is 26.5 Å². The van der Waals surface area contributed by atoms with Gasteiger partial charge in [-0.3, -0.25) is 4.79 Å². The van der Waals surface area contributed by atoms with Gasteiger partial charge in [-0.1, -0.05) is 31.2 Å². The lowest BCUT2D eigenvalue weighted by Gasteiger charge is -2.11. The second-order valence-corrected chi connectivity index (χ2v) is 5.59. The largest absolute Gasteiger partial charge is 0.494 e. The molecule has 0 unspecified atom stereocenters. The van der Waals surface area contributed by atoms with E-state index in [1.165, 1.54) is 0 Å². The van der Waals surface area contributed by atoms with Crippen molar-refractivity contribution < 1.29 is 19.0 Å². The molecule has 25 heavy (non-hydrogen) atoms. The molecule has 0 spiro atoms. The molecule has 0 radical (unpaired) electrons. The van der Waals surface area contributed by atoms with E-state index in [9.17, 15) is 4.79 Å². The maximum atomic E-state index is 12.0. The third-order valence-electron chi connectivity index (χ3n) is 3.56. The standard InChI is InChI=1S/C20H25NO4/c1-3-12-24-18-8-10-19(11-9-18)25-15-20(22)21-13-16-6-4-5-7-17(16)14-23-2/h4-11H,3,12-15H2,1-2H3,(H,21,22). The molecule has 0 fully saturated rings. The van der Waals surface area contributed by atoms with Crippen molar-refractivity contribution in [2.75, 3.05) is 20.3 Å². The molecule has 0 atom stereocenters. The fourth-order valence-corrected chi connectivity index (χ4v) is 2.27. The van der Waals surface area contributed by atoms with Crippen LogP contribution in [0.5, 0.6) is 11.5 Å². The molecule has 0 aliphatic rings. The highest BCUT2D eigenvalue weighted by Crippen LogP contribution is 2.17. The van der Waals surface area contributed by atoms with E-state index in [0.717, 1.165) is 23.3 Å². The summed E-state index contributed by atoms with van der Waals surface area (Å²) < 4.78 is 16.2. The Balaban J connectivity index is 1.77. The van der Waals surface area contributed by atoms with Crippen molar-refractivity contribution in [3.05, 3.63) is 59.7 Å². The maximum Gasteiger partial charge on any atom is 0.258 e. The minimum atomic E-state index is -0.168. The predicted molar refractivity (Wildman–Crippen MR) is 96.7 cm³/mol. The van der Waals surface area contributed by atoms with Crippen molar-refractivity contribution in [3.63, 3.8) is 0 Å². The fourth-order valence-electron chi connectivity index (χ4n) is 2.27. The van der Waals surface area contributed by atoms with E-state index in [1.807, 2.05) is 36.4 Å². The second-order valence-electron chi connectivity index (χ2n) is 5.59. The van der Waals surface area contributed by atoms with Gasteiger partial charge >= 0.3 is 0 Å². The number of rotatable bonds is 10. The minimum absolute atomic E-state index is 0.0262. The summed E-state index contributed by atoms with van der Waals surface area (Å²) in [6, 6.07) is 15.1. The van der Waals surface area contributed by atoms with Crippen molar-refractivity contribution in [2.24, 2.45) is 0 Å². The van der Waals surface area contributed by atoms with E-state index < -0.39 is 0 Å². The molecular formula is C20H25NO4. The van der Waals surface area contributed by atoms with Gasteiger partial charge < -0.3 is 19.5 Å². The van der Waals surface area contributed by atoms with Crippen LogP contribution in [-0.2, 0) is 22.7 Å². The van der Waals surface area contributed by atoms with Crippen LogP contribution < -0.4 is 14.8 Å². The molecular weight excluding hydrogens is 318 g/mol. The Hall–Kier alpha value is -2.53. The number of nitrogens with one attached hydrogen (secondary N) is 1. The van der Waals surface area contributed by atoms with Gasteiger partial charge in [0.1, 0.15) is 11.5 Å². The molecule has 2 aromatic carbocycles. The summed E-state index contributed by atoms with van der Waals surface area (Å²) in [6.07, 6.45) is 0.964. The van der Waals surface area contributed by atoms with Crippen molar-refractivity contribution in [1.29, 1.82) is 0 Å². The number of benzene rings is 2. The molecule has 0 aromatic heterocycles. The highest BCUT2D eigenvalue weighted by atomic mass is 16.5. The van der Waals surface area contributed by atoms with Gasteiger partial charge in [0.05, 0.1) is 13.2 Å². The molecule has 0 bridgehead atoms. The molecule has 5 nitrogen and oxygen atoms in total. The first-order chi connectivity index (χ1) is 12.2. The van der Waals surface area contributed by atoms with Gasteiger partial charge in [-0.05, 0) is 41.8 Å². The van der Waals surface area contributed by atoms with Crippen LogP contribution in [0.15, 0.2) is 48.5 Å². The fraction of sp³-hybridized carbons (Fsp3) is 0.350. The van der Waals surface area contributed by atoms with Gasteiger partial charge in [0.15, 0.2) is 6.61 Å². The monoisotopic (exact) mass is 343 g/mol. The topological polar surface area (TPSA) is 56.8 Å². The van der Waals surface area contributed by atoms with Gasteiger partial charge in [-0.15, -0.1) is 0 Å². The average Bonchev–Trinajstić information content (AvgIpc) is 2.65. The molecule has 1 amide bonds. The Bertz CT molecular complexity index is 655. The van der Waals surface area contributed by atoms with Crippen LogP contribution in [0.1, 0.15) is 24.5 Å². The number of methoxy groups -OCH3 is 1. The molecule has 2 rings (SSSR count). The van der Waals surface area contributed by atoms with Crippen molar-refractivity contribution >= 4 is 5.91 Å². The number of carbonyl (C=O) groups is 1. The zero-order valence-electron chi connectivity index (χ0n) is 14.8. The van der Waals surface area contributed by atoms with E-state index >= 15 is 0 Å². The van der Waals surface area contributed by atoms with Crippen LogP contribution in [0, 0.1) is 0 Å². The van der Waals surface area contributed by atoms with Crippen LogP contribution in [0.2, 0.25) is 0 Å². The smallest absolute Gasteiger partial charge is 0.258 e. The van der Waals surface area contributed by atoms with Crippen LogP contribution in [0.4, 0.5) is 0 Å². The third-order valence-corrected chi connectivity index (χ3v) is 3.56. The first-order valence-corrected chi connectivity index (χ1v) is 8.41. The molecule has 0 aliphatic carbocycles. The lowest BCUT2D eigenvalue weighted by Crippen LogP contribution is -2.28. The van der Waals surface area contributed by atoms with E-state index in [4.69, 9.17) is 14.2 Å². The SMILES string of the molecule is CCCOc1ccc(OCC(=O)NCc2ccccc2COC)cc1. The summed E-state index contributed by atoms with van der Waals surface area (Å²) in [6.45, 7) is 3.69. The predicted octanol–water partition coefficient (Wildman–Crippen LogP) is 3.32. The van der Waals surface area contributed by atoms with E-state index in [1.54, 1.807) is 19.2 Å². The van der Waals surface area contributed by atoms with Gasteiger partial charge in [0, 0.05) is 13.7 Å². The number of hydrogen-bond acceptors (Lipinski definition) is 4. The Morgan fingerprint density at radius 3 is 2.24 bits per heavy atom. The minimum Gasteiger partial charge on any atom is -0.494 e. The summed E-state index contributed by atoms with van der Waals surface area (Å²) in [5, 5.41) is 2.86. The van der Waals surface area contributed by atoms with Crippen LogP contribution in [0.3, 0.4) is 0 Å². The lowest BCUT2D eigenvalue weighted by atomic mass is 10.1. The summed E-state index contributed by atoms with van der Waals surface area (Å²) in [7, 11) is 1.65. The summed E-state index contributed by atoms with van der Waals surface area (Å²) >= 11 is 0. The molecule has 134 valence electrons. The Kier molecular flexibility index (Phi) is 7.79. The summed E-state index contributed by atoms with van der Waals surface area (Å²) in [4.78, 5) is 12.0. The van der Waals surface area contributed by atoms with Crippen molar-refractivity contribution in [3.8, 4) is 11.5 Å². The van der Waals surface area contributed by atoms with Gasteiger partial charge in [0.2, 0.25) is 0 Å². The van der Waals surface area contributed by atoms with Gasteiger partial charge in [-0.2, -0.15) is 0 Å². The number of carbonyl (C=O) groups excluding carboxylic acids is 1. The molecule has 0 saturated carbocycles. The molecule has 0 aliphatic heterocycles. The molecule has 0 saturated heterocycles. The number of ether oxygens (including phenoxy) is 3. The zero-order valence-corrected chi connectivity index (χ0v) is 14.8. The van der Waals surface area contributed by atoms with Crippen LogP contribution in [0.25, 0.3) is 0 Å². The first kappa shape index (κ1) is 18.8. The highest BCUT2D eigenvalue weighted by Gasteiger charge is 2.06. The molecule has 0 heterocycles. The molecule has 2 aromatic rings. The van der Waals surface area contributed by atoms with E-state index in [2.05, 4.69) is 12.2 Å². The summed E-state index contributed by atoms with van der Waals surface area (Å²) in [5.74, 6) is 1.27. The van der Waals surface area contributed by atoms with Gasteiger partial charge in [0.25, 0.3) is 5.91 Å². The van der Waals surface area contributed by atoms with E-state index in [-0.39, 0.29) is 12.5 Å². The zero-order chi connectivity index (χ0) is 17.9. The third kappa shape index (κ3) is 6.47. The number of hydrogen-bond donors (Lipinski definition) is 1. The Labute approximate surface area is 148 Å². The first-order valence-electron chi connectivity index (χ1n) is 8.41. The second kappa shape index (κ2) is 10.4. The van der Waals surface area contributed by atoms with Crippen LogP contribution in [-0.4, -0.2) is 26.2 Å². The Morgan fingerprint density at radius 2 is 1.60 bits per heavy atom. The van der Waals surface area contributed by atoms with E-state index in [0.29, 0.717) is 25.5 Å². The molecule has 1 N–H and O–H groups in total. The van der Waals surface area contributed by atoms with Crippen molar-refractivity contribution in [1.82, 2.24) is 5.32 Å².